The fraction of sp³-hybridized carbons (Fsp3) is 0.429. The van der Waals surface area contributed by atoms with E-state index in [1.54, 1.807) is 0 Å². The molecule has 0 saturated carbocycles. The molecule has 1 aliphatic heterocycles. The van der Waals surface area contributed by atoms with Crippen molar-refractivity contribution in [1.29, 1.82) is 5.26 Å². The molecule has 0 aromatic heterocycles. The summed E-state index contributed by atoms with van der Waals surface area (Å²) in [6, 6.07) is 7.40. The SMILES string of the molecule is N#Cc1cccc(S(=O)(=O)NC(=O)CC[C@H]2CCCO2)c1. The lowest BCUT2D eigenvalue weighted by Crippen LogP contribution is -2.31. The van der Waals surface area contributed by atoms with Crippen LogP contribution >= 0.6 is 0 Å². The molecule has 21 heavy (non-hydrogen) atoms. The van der Waals surface area contributed by atoms with E-state index in [1.807, 2.05) is 10.8 Å². The van der Waals surface area contributed by atoms with Crippen LogP contribution in [0.3, 0.4) is 0 Å². The van der Waals surface area contributed by atoms with Gasteiger partial charge in [0, 0.05) is 13.0 Å². The largest absolute Gasteiger partial charge is 0.378 e. The molecular weight excluding hydrogens is 292 g/mol. The summed E-state index contributed by atoms with van der Waals surface area (Å²) < 4.78 is 31.5. The third kappa shape index (κ3) is 4.28. The van der Waals surface area contributed by atoms with E-state index in [2.05, 4.69) is 0 Å². The molecule has 7 heteroatoms. The predicted octanol–water partition coefficient (Wildman–Crippen LogP) is 1.32. The maximum Gasteiger partial charge on any atom is 0.264 e. The number of hydrogen-bond donors (Lipinski definition) is 1. The van der Waals surface area contributed by atoms with Crippen LogP contribution < -0.4 is 4.72 Å². The van der Waals surface area contributed by atoms with Gasteiger partial charge in [-0.2, -0.15) is 5.26 Å². The molecule has 0 spiro atoms. The summed E-state index contributed by atoms with van der Waals surface area (Å²) in [5, 5.41) is 8.77. The van der Waals surface area contributed by atoms with Gasteiger partial charge in [0.1, 0.15) is 0 Å². The maximum atomic E-state index is 12.0. The molecular formula is C14H16N2O4S. The Hall–Kier alpha value is -1.91. The van der Waals surface area contributed by atoms with Gasteiger partial charge in [0.2, 0.25) is 5.91 Å². The van der Waals surface area contributed by atoms with Crippen LogP contribution in [-0.2, 0) is 19.6 Å². The average Bonchev–Trinajstić information content (AvgIpc) is 2.98. The summed E-state index contributed by atoms with van der Waals surface area (Å²) >= 11 is 0. The molecule has 0 radical (unpaired) electrons. The highest BCUT2D eigenvalue weighted by atomic mass is 32.2. The number of hydrogen-bond acceptors (Lipinski definition) is 5. The van der Waals surface area contributed by atoms with Gasteiger partial charge in [-0.15, -0.1) is 0 Å². The molecule has 1 aromatic rings. The second kappa shape index (κ2) is 6.70. The smallest absolute Gasteiger partial charge is 0.264 e. The number of nitrogens with zero attached hydrogens (tertiary/aromatic N) is 1. The van der Waals surface area contributed by atoms with Crippen LogP contribution in [0, 0.1) is 11.3 Å². The zero-order chi connectivity index (χ0) is 15.3. The highest BCUT2D eigenvalue weighted by Crippen LogP contribution is 2.17. The van der Waals surface area contributed by atoms with Crippen molar-refractivity contribution in [3.05, 3.63) is 29.8 Å². The second-order valence-corrected chi connectivity index (χ2v) is 6.52. The van der Waals surface area contributed by atoms with Crippen molar-refractivity contribution >= 4 is 15.9 Å². The quantitative estimate of drug-likeness (QED) is 0.885. The lowest BCUT2D eigenvalue weighted by molar-refractivity contribution is -0.119. The molecule has 0 bridgehead atoms. The van der Waals surface area contributed by atoms with E-state index < -0.39 is 15.9 Å². The van der Waals surface area contributed by atoms with Crippen LogP contribution in [0.5, 0.6) is 0 Å². The fourth-order valence-electron chi connectivity index (χ4n) is 2.16. The van der Waals surface area contributed by atoms with E-state index in [-0.39, 0.29) is 23.0 Å². The number of amides is 1. The third-order valence-corrected chi connectivity index (χ3v) is 4.61. The number of sulfonamides is 1. The van der Waals surface area contributed by atoms with E-state index in [4.69, 9.17) is 10.00 Å². The topological polar surface area (TPSA) is 96.3 Å². The summed E-state index contributed by atoms with van der Waals surface area (Å²) in [5.41, 5.74) is 0.227. The van der Waals surface area contributed by atoms with Gasteiger partial charge in [0.15, 0.2) is 0 Å². The minimum absolute atomic E-state index is 0.0420. The number of benzene rings is 1. The van der Waals surface area contributed by atoms with Gasteiger partial charge >= 0.3 is 0 Å². The lowest BCUT2D eigenvalue weighted by atomic mass is 10.1. The zero-order valence-corrected chi connectivity index (χ0v) is 12.2. The van der Waals surface area contributed by atoms with Gasteiger partial charge in [-0.05, 0) is 37.5 Å². The van der Waals surface area contributed by atoms with Crippen molar-refractivity contribution in [3.8, 4) is 6.07 Å². The molecule has 1 aliphatic rings. The number of carbonyl (C=O) groups excluding carboxylic acids is 1. The van der Waals surface area contributed by atoms with E-state index in [0.717, 1.165) is 12.8 Å². The molecule has 1 heterocycles. The van der Waals surface area contributed by atoms with Gasteiger partial charge in [-0.25, -0.2) is 13.1 Å². The lowest BCUT2D eigenvalue weighted by Gasteiger charge is -2.10. The first kappa shape index (κ1) is 15.5. The van der Waals surface area contributed by atoms with E-state index in [0.29, 0.717) is 13.0 Å². The van der Waals surface area contributed by atoms with Gasteiger partial charge in [-0.1, -0.05) is 6.07 Å². The number of carbonyl (C=O) groups is 1. The minimum Gasteiger partial charge on any atom is -0.378 e. The summed E-state index contributed by atoms with van der Waals surface area (Å²) in [4.78, 5) is 11.6. The maximum absolute atomic E-state index is 12.0. The Kier molecular flexibility index (Phi) is 4.94. The first-order valence-corrected chi connectivity index (χ1v) is 8.17. The Bertz CT molecular complexity index is 658. The molecule has 1 fully saturated rings. The van der Waals surface area contributed by atoms with Crippen molar-refractivity contribution in [2.45, 2.75) is 36.7 Å². The average molecular weight is 308 g/mol. The van der Waals surface area contributed by atoms with Gasteiger partial charge in [0.05, 0.1) is 22.6 Å². The number of nitrogens with one attached hydrogen (secondary N) is 1. The minimum atomic E-state index is -3.93. The van der Waals surface area contributed by atoms with Crippen LogP contribution in [-0.4, -0.2) is 27.0 Å². The normalized spacial score (nSPS) is 18.1. The van der Waals surface area contributed by atoms with Crippen LogP contribution in [0.2, 0.25) is 0 Å². The second-order valence-electron chi connectivity index (χ2n) is 4.84. The molecule has 112 valence electrons. The Morgan fingerprint density at radius 2 is 2.29 bits per heavy atom. The summed E-state index contributed by atoms with van der Waals surface area (Å²) in [6.07, 6.45) is 2.54. The third-order valence-electron chi connectivity index (χ3n) is 3.24. The number of ether oxygens (including phenoxy) is 1. The van der Waals surface area contributed by atoms with Crippen LogP contribution in [0.15, 0.2) is 29.2 Å². The number of rotatable bonds is 5. The summed E-state index contributed by atoms with van der Waals surface area (Å²) in [6.45, 7) is 0.700. The Morgan fingerprint density at radius 3 is 2.95 bits per heavy atom. The van der Waals surface area contributed by atoms with E-state index >= 15 is 0 Å². The van der Waals surface area contributed by atoms with Crippen molar-refractivity contribution in [2.75, 3.05) is 6.61 Å². The first-order valence-electron chi connectivity index (χ1n) is 6.69. The molecule has 0 unspecified atom stereocenters. The van der Waals surface area contributed by atoms with Gasteiger partial charge < -0.3 is 4.74 Å². The molecule has 1 atom stereocenters. The van der Waals surface area contributed by atoms with Gasteiger partial charge in [0.25, 0.3) is 10.0 Å². The monoisotopic (exact) mass is 308 g/mol. The Labute approximate surface area is 123 Å². The van der Waals surface area contributed by atoms with Crippen molar-refractivity contribution in [3.63, 3.8) is 0 Å². The standard InChI is InChI=1S/C14H16N2O4S/c15-10-11-3-1-5-13(9-11)21(18,19)16-14(17)7-6-12-4-2-8-20-12/h1,3,5,9,12H,2,4,6-8H2,(H,16,17)/t12-/m1/s1. The molecule has 6 nitrogen and oxygen atoms in total. The molecule has 1 N–H and O–H groups in total. The molecule has 1 aromatic carbocycles. The van der Waals surface area contributed by atoms with Crippen LogP contribution in [0.4, 0.5) is 0 Å². The van der Waals surface area contributed by atoms with E-state index in [9.17, 15) is 13.2 Å². The van der Waals surface area contributed by atoms with E-state index in [1.165, 1.54) is 24.3 Å². The van der Waals surface area contributed by atoms with Crippen LogP contribution in [0.1, 0.15) is 31.2 Å². The van der Waals surface area contributed by atoms with Crippen LogP contribution in [0.25, 0.3) is 0 Å². The molecule has 1 amide bonds. The predicted molar refractivity (Wildman–Crippen MR) is 74.7 cm³/mol. The van der Waals surface area contributed by atoms with Crippen molar-refractivity contribution in [1.82, 2.24) is 4.72 Å². The van der Waals surface area contributed by atoms with Gasteiger partial charge in [-0.3, -0.25) is 4.79 Å². The summed E-state index contributed by atoms with van der Waals surface area (Å²) in [7, 11) is -3.93. The number of nitriles is 1. The highest BCUT2D eigenvalue weighted by molar-refractivity contribution is 7.90. The Balaban J connectivity index is 1.96. The van der Waals surface area contributed by atoms with Crippen molar-refractivity contribution in [2.24, 2.45) is 0 Å². The molecule has 0 aliphatic carbocycles. The first-order chi connectivity index (χ1) is 10.0. The zero-order valence-electron chi connectivity index (χ0n) is 11.4. The molecule has 2 rings (SSSR count). The molecule has 1 saturated heterocycles. The highest BCUT2D eigenvalue weighted by Gasteiger charge is 2.20. The Morgan fingerprint density at radius 1 is 1.48 bits per heavy atom. The van der Waals surface area contributed by atoms with Crippen molar-refractivity contribution < 1.29 is 17.9 Å². The summed E-state index contributed by atoms with van der Waals surface area (Å²) in [5.74, 6) is -0.562. The fourth-order valence-corrected chi connectivity index (χ4v) is 3.22.